The number of likely N-dealkylation sites (tertiary alicyclic amines) is 1. The van der Waals surface area contributed by atoms with Crippen LogP contribution in [0.1, 0.15) is 26.2 Å². The van der Waals surface area contributed by atoms with Crippen LogP contribution in [0.15, 0.2) is 0 Å². The highest BCUT2D eigenvalue weighted by atomic mass is 16.6. The van der Waals surface area contributed by atoms with Gasteiger partial charge in [-0.1, -0.05) is 0 Å². The van der Waals surface area contributed by atoms with Gasteiger partial charge in [0.25, 0.3) is 0 Å². The van der Waals surface area contributed by atoms with E-state index in [9.17, 15) is 9.59 Å². The van der Waals surface area contributed by atoms with Crippen LogP contribution >= 0.6 is 0 Å². The fourth-order valence-electron chi connectivity index (χ4n) is 2.24. The molecule has 0 aliphatic carbocycles. The number of piperidine rings is 1. The number of nitrogens with one attached hydrogen (secondary N) is 2. The van der Waals surface area contributed by atoms with Gasteiger partial charge >= 0.3 is 6.09 Å². The molecule has 2 amide bonds. The Balaban J connectivity index is 2.11. The number of ether oxygens (including phenoxy) is 2. The molecule has 0 saturated carbocycles. The lowest BCUT2D eigenvalue weighted by molar-refractivity contribution is -0.121. The summed E-state index contributed by atoms with van der Waals surface area (Å²) in [7, 11) is 1.66. The van der Waals surface area contributed by atoms with Crippen molar-refractivity contribution >= 4 is 12.0 Å². The molecule has 122 valence electrons. The van der Waals surface area contributed by atoms with Gasteiger partial charge in [0.2, 0.25) is 5.91 Å². The summed E-state index contributed by atoms with van der Waals surface area (Å²) in [5.41, 5.74) is 0. The molecule has 0 atom stereocenters. The lowest BCUT2D eigenvalue weighted by atomic mass is 10.1. The average molecular weight is 301 g/mol. The molecule has 21 heavy (non-hydrogen) atoms. The summed E-state index contributed by atoms with van der Waals surface area (Å²) in [5, 5.41) is 6.07. The Morgan fingerprint density at radius 2 is 2.00 bits per heavy atom. The number of hydrogen-bond donors (Lipinski definition) is 2. The van der Waals surface area contributed by atoms with Crippen LogP contribution in [0.4, 0.5) is 4.79 Å². The second-order valence-corrected chi connectivity index (χ2v) is 5.05. The summed E-state index contributed by atoms with van der Waals surface area (Å²) in [6.45, 7) is 5.23. The molecule has 1 aliphatic rings. The lowest BCUT2D eigenvalue weighted by Gasteiger charge is -2.31. The number of amides is 2. The van der Waals surface area contributed by atoms with Crippen molar-refractivity contribution < 1.29 is 19.1 Å². The van der Waals surface area contributed by atoms with Gasteiger partial charge in [-0.25, -0.2) is 4.79 Å². The molecular formula is C14H27N3O4. The first kappa shape index (κ1) is 17.7. The summed E-state index contributed by atoms with van der Waals surface area (Å²) in [6, 6.07) is 0.143. The number of nitrogens with zero attached hydrogens (tertiary/aromatic N) is 1. The fourth-order valence-corrected chi connectivity index (χ4v) is 2.24. The zero-order valence-corrected chi connectivity index (χ0v) is 13.0. The molecule has 1 aliphatic heterocycles. The van der Waals surface area contributed by atoms with E-state index in [-0.39, 0.29) is 18.0 Å². The van der Waals surface area contributed by atoms with Gasteiger partial charge in [-0.05, 0) is 32.7 Å². The van der Waals surface area contributed by atoms with Crippen molar-refractivity contribution in [3.63, 3.8) is 0 Å². The molecule has 0 aromatic carbocycles. The zero-order chi connectivity index (χ0) is 15.5. The van der Waals surface area contributed by atoms with Crippen LogP contribution in [-0.2, 0) is 14.3 Å². The van der Waals surface area contributed by atoms with E-state index in [1.165, 1.54) is 0 Å². The maximum atomic E-state index is 11.8. The van der Waals surface area contributed by atoms with Gasteiger partial charge in [0.05, 0.1) is 13.2 Å². The molecule has 1 heterocycles. The number of carbonyl (C=O) groups excluding carboxylic acids is 2. The fraction of sp³-hybridized carbons (Fsp3) is 0.857. The number of rotatable bonds is 8. The smallest absolute Gasteiger partial charge is 0.409 e. The van der Waals surface area contributed by atoms with E-state index >= 15 is 0 Å². The normalized spacial score (nSPS) is 15.8. The molecule has 1 rings (SSSR count). The molecule has 1 fully saturated rings. The predicted octanol–water partition coefficient (Wildman–Crippen LogP) is 0.350. The number of hydrogen-bond acceptors (Lipinski definition) is 5. The van der Waals surface area contributed by atoms with Gasteiger partial charge in [0.1, 0.15) is 0 Å². The van der Waals surface area contributed by atoms with Crippen molar-refractivity contribution in [3.05, 3.63) is 0 Å². The van der Waals surface area contributed by atoms with E-state index in [0.29, 0.717) is 32.8 Å². The molecule has 0 unspecified atom stereocenters. The number of carbonyl (C=O) groups is 2. The number of methoxy groups -OCH3 is 1. The Morgan fingerprint density at radius 3 is 2.62 bits per heavy atom. The molecule has 7 heteroatoms. The minimum absolute atomic E-state index is 0.00185. The van der Waals surface area contributed by atoms with Crippen molar-refractivity contribution in [2.75, 3.05) is 46.5 Å². The Labute approximate surface area is 126 Å². The van der Waals surface area contributed by atoms with Gasteiger partial charge in [-0.2, -0.15) is 0 Å². The Bertz CT molecular complexity index is 317. The summed E-state index contributed by atoms with van der Waals surface area (Å²) in [5.74, 6) is 0.00185. The van der Waals surface area contributed by atoms with Crippen molar-refractivity contribution in [1.29, 1.82) is 0 Å². The minimum atomic E-state index is -0.262. The van der Waals surface area contributed by atoms with Crippen LogP contribution in [0.2, 0.25) is 0 Å². The van der Waals surface area contributed by atoms with E-state index < -0.39 is 0 Å². The highest BCUT2D eigenvalue weighted by Crippen LogP contribution is 2.11. The standard InChI is InChI=1S/C14H27N3O4/c1-3-21-14(19)17-8-5-12(6-9-17)16-13(18)11-15-7-4-10-20-2/h12,15H,3-11H2,1-2H3,(H,16,18). The highest BCUT2D eigenvalue weighted by molar-refractivity contribution is 5.78. The summed E-state index contributed by atoms with van der Waals surface area (Å²) in [4.78, 5) is 25.0. The molecule has 2 N–H and O–H groups in total. The summed E-state index contributed by atoms with van der Waals surface area (Å²) >= 11 is 0. The summed E-state index contributed by atoms with van der Waals surface area (Å²) in [6.07, 6.45) is 2.17. The molecule has 0 aromatic heterocycles. The first-order valence-corrected chi connectivity index (χ1v) is 7.58. The van der Waals surface area contributed by atoms with Crippen LogP contribution < -0.4 is 10.6 Å². The van der Waals surface area contributed by atoms with Crippen molar-refractivity contribution in [1.82, 2.24) is 15.5 Å². The van der Waals surface area contributed by atoms with Gasteiger partial charge in [0.15, 0.2) is 0 Å². The van der Waals surface area contributed by atoms with E-state index in [1.807, 2.05) is 0 Å². The van der Waals surface area contributed by atoms with Crippen molar-refractivity contribution in [3.8, 4) is 0 Å². The van der Waals surface area contributed by atoms with Gasteiger partial charge in [-0.15, -0.1) is 0 Å². The molecular weight excluding hydrogens is 274 g/mol. The second-order valence-electron chi connectivity index (χ2n) is 5.05. The molecule has 7 nitrogen and oxygen atoms in total. The van der Waals surface area contributed by atoms with Crippen LogP contribution in [0, 0.1) is 0 Å². The molecule has 0 aromatic rings. The zero-order valence-electron chi connectivity index (χ0n) is 13.0. The Kier molecular flexibility index (Phi) is 8.77. The van der Waals surface area contributed by atoms with E-state index in [0.717, 1.165) is 25.8 Å². The van der Waals surface area contributed by atoms with Crippen LogP contribution in [0.3, 0.4) is 0 Å². The third-order valence-corrected chi connectivity index (χ3v) is 3.37. The van der Waals surface area contributed by atoms with E-state index in [1.54, 1.807) is 18.9 Å². The average Bonchev–Trinajstić information content (AvgIpc) is 2.48. The monoisotopic (exact) mass is 301 g/mol. The van der Waals surface area contributed by atoms with Crippen molar-refractivity contribution in [2.45, 2.75) is 32.2 Å². The van der Waals surface area contributed by atoms with E-state index in [2.05, 4.69) is 10.6 Å². The first-order valence-electron chi connectivity index (χ1n) is 7.58. The molecule has 1 saturated heterocycles. The maximum Gasteiger partial charge on any atom is 0.409 e. The Morgan fingerprint density at radius 1 is 1.29 bits per heavy atom. The lowest BCUT2D eigenvalue weighted by Crippen LogP contribution is -2.48. The van der Waals surface area contributed by atoms with Crippen LogP contribution in [-0.4, -0.2) is 69.4 Å². The third kappa shape index (κ3) is 7.29. The minimum Gasteiger partial charge on any atom is -0.450 e. The second kappa shape index (κ2) is 10.4. The van der Waals surface area contributed by atoms with Crippen LogP contribution in [0.25, 0.3) is 0 Å². The largest absolute Gasteiger partial charge is 0.450 e. The van der Waals surface area contributed by atoms with Gasteiger partial charge in [-0.3, -0.25) is 4.79 Å². The molecule has 0 spiro atoms. The molecule has 0 bridgehead atoms. The third-order valence-electron chi connectivity index (χ3n) is 3.37. The van der Waals surface area contributed by atoms with Gasteiger partial charge in [0, 0.05) is 32.8 Å². The topological polar surface area (TPSA) is 79.9 Å². The summed E-state index contributed by atoms with van der Waals surface area (Å²) < 4.78 is 9.90. The highest BCUT2D eigenvalue weighted by Gasteiger charge is 2.24. The Hall–Kier alpha value is -1.34. The van der Waals surface area contributed by atoms with E-state index in [4.69, 9.17) is 9.47 Å². The van der Waals surface area contributed by atoms with Crippen LogP contribution in [0.5, 0.6) is 0 Å². The quantitative estimate of drug-likeness (QED) is 0.632. The SMILES string of the molecule is CCOC(=O)N1CCC(NC(=O)CNCCCOC)CC1. The predicted molar refractivity (Wildman–Crippen MR) is 79.1 cm³/mol. The van der Waals surface area contributed by atoms with Crippen molar-refractivity contribution in [2.24, 2.45) is 0 Å². The molecule has 0 radical (unpaired) electrons. The van der Waals surface area contributed by atoms with Gasteiger partial charge < -0.3 is 25.0 Å². The first-order chi connectivity index (χ1) is 10.2. The maximum absolute atomic E-state index is 11.8.